The Bertz CT molecular complexity index is 523. The zero-order chi connectivity index (χ0) is 13.8. The molecule has 0 heterocycles. The summed E-state index contributed by atoms with van der Waals surface area (Å²) in [6.45, 7) is 6.27. The highest BCUT2D eigenvalue weighted by Crippen LogP contribution is 2.16. The van der Waals surface area contributed by atoms with Crippen LogP contribution >= 0.6 is 0 Å². The third-order valence-electron chi connectivity index (χ3n) is 3.50. The lowest BCUT2D eigenvalue weighted by atomic mass is 10.0. The van der Waals surface area contributed by atoms with E-state index < -0.39 is 0 Å². The lowest BCUT2D eigenvalue weighted by Crippen LogP contribution is -2.18. The highest BCUT2D eigenvalue weighted by atomic mass is 15.1. The third-order valence-corrected chi connectivity index (χ3v) is 3.50. The summed E-state index contributed by atoms with van der Waals surface area (Å²) in [5, 5.41) is 0. The van der Waals surface area contributed by atoms with Crippen molar-refractivity contribution < 1.29 is 0 Å². The van der Waals surface area contributed by atoms with Crippen LogP contribution in [0.4, 0.5) is 5.69 Å². The first-order valence-corrected chi connectivity index (χ1v) is 6.64. The number of anilines is 1. The topological polar surface area (TPSA) is 29.3 Å². The van der Waals surface area contributed by atoms with Crippen molar-refractivity contribution in [2.45, 2.75) is 26.9 Å². The SMILES string of the molecule is Cc1cccc(C)c1CN(C)Cc1ccc(N)cc1. The summed E-state index contributed by atoms with van der Waals surface area (Å²) in [6.07, 6.45) is 0. The summed E-state index contributed by atoms with van der Waals surface area (Å²) >= 11 is 0. The van der Waals surface area contributed by atoms with E-state index in [4.69, 9.17) is 5.73 Å². The maximum atomic E-state index is 5.71. The van der Waals surface area contributed by atoms with Gasteiger partial charge >= 0.3 is 0 Å². The summed E-state index contributed by atoms with van der Waals surface area (Å²) < 4.78 is 0. The van der Waals surface area contributed by atoms with Crippen molar-refractivity contribution in [3.8, 4) is 0 Å². The molecule has 2 aromatic rings. The fourth-order valence-electron chi connectivity index (χ4n) is 2.36. The Morgan fingerprint density at radius 2 is 1.47 bits per heavy atom. The van der Waals surface area contributed by atoms with E-state index in [0.29, 0.717) is 0 Å². The molecule has 2 N–H and O–H groups in total. The number of hydrogen-bond acceptors (Lipinski definition) is 2. The second-order valence-electron chi connectivity index (χ2n) is 5.28. The van der Waals surface area contributed by atoms with E-state index in [1.54, 1.807) is 0 Å². The smallest absolute Gasteiger partial charge is 0.0314 e. The molecule has 0 aromatic heterocycles. The molecular formula is C17H22N2. The zero-order valence-corrected chi connectivity index (χ0v) is 12.0. The Labute approximate surface area is 115 Å². The van der Waals surface area contributed by atoms with Crippen LogP contribution in [0, 0.1) is 13.8 Å². The predicted molar refractivity (Wildman–Crippen MR) is 81.9 cm³/mol. The van der Waals surface area contributed by atoms with E-state index in [1.807, 2.05) is 12.1 Å². The standard InChI is InChI=1S/C17H22N2/c1-13-5-4-6-14(2)17(13)12-19(3)11-15-7-9-16(18)10-8-15/h4-10H,11-12,18H2,1-3H3. The molecule has 19 heavy (non-hydrogen) atoms. The maximum absolute atomic E-state index is 5.71. The summed E-state index contributed by atoms with van der Waals surface area (Å²) in [5.41, 5.74) is 12.0. The van der Waals surface area contributed by atoms with Crippen molar-refractivity contribution in [3.63, 3.8) is 0 Å². The minimum Gasteiger partial charge on any atom is -0.399 e. The van der Waals surface area contributed by atoms with Crippen molar-refractivity contribution in [1.82, 2.24) is 4.90 Å². The Balaban J connectivity index is 2.05. The van der Waals surface area contributed by atoms with Crippen LogP contribution < -0.4 is 5.73 Å². The average Bonchev–Trinajstić information content (AvgIpc) is 2.37. The molecule has 2 aromatic carbocycles. The minimum absolute atomic E-state index is 0.821. The van der Waals surface area contributed by atoms with E-state index in [0.717, 1.165) is 18.8 Å². The molecule has 0 fully saturated rings. The number of benzene rings is 2. The number of aryl methyl sites for hydroxylation is 2. The molecule has 2 nitrogen and oxygen atoms in total. The molecule has 0 aliphatic heterocycles. The largest absolute Gasteiger partial charge is 0.399 e. The summed E-state index contributed by atoms with van der Waals surface area (Å²) in [7, 11) is 2.15. The lowest BCUT2D eigenvalue weighted by Gasteiger charge is -2.19. The Kier molecular flexibility index (Phi) is 4.23. The summed E-state index contributed by atoms with van der Waals surface area (Å²) in [5.74, 6) is 0. The van der Waals surface area contributed by atoms with Gasteiger partial charge in [0.15, 0.2) is 0 Å². The molecule has 0 bridgehead atoms. The van der Waals surface area contributed by atoms with Gasteiger partial charge in [-0.25, -0.2) is 0 Å². The monoisotopic (exact) mass is 254 g/mol. The molecule has 100 valence electrons. The number of nitrogens with two attached hydrogens (primary N) is 1. The van der Waals surface area contributed by atoms with Crippen LogP contribution in [0.2, 0.25) is 0 Å². The second-order valence-corrected chi connectivity index (χ2v) is 5.28. The highest BCUT2D eigenvalue weighted by molar-refractivity contribution is 5.39. The van der Waals surface area contributed by atoms with Crippen LogP contribution in [-0.4, -0.2) is 11.9 Å². The molecule has 2 rings (SSSR count). The number of nitrogens with zero attached hydrogens (tertiary/aromatic N) is 1. The Morgan fingerprint density at radius 3 is 2.05 bits per heavy atom. The van der Waals surface area contributed by atoms with Crippen molar-refractivity contribution in [1.29, 1.82) is 0 Å². The molecule has 0 aliphatic rings. The molecule has 0 aliphatic carbocycles. The Morgan fingerprint density at radius 1 is 0.895 bits per heavy atom. The normalized spacial score (nSPS) is 10.9. The van der Waals surface area contributed by atoms with Gasteiger partial charge in [-0.2, -0.15) is 0 Å². The van der Waals surface area contributed by atoms with Crippen molar-refractivity contribution >= 4 is 5.69 Å². The number of hydrogen-bond donors (Lipinski definition) is 1. The highest BCUT2D eigenvalue weighted by Gasteiger charge is 2.06. The number of rotatable bonds is 4. The van der Waals surface area contributed by atoms with Crippen molar-refractivity contribution in [2.75, 3.05) is 12.8 Å². The van der Waals surface area contributed by atoms with Crippen molar-refractivity contribution in [2.24, 2.45) is 0 Å². The van der Waals surface area contributed by atoms with Gasteiger partial charge in [0.2, 0.25) is 0 Å². The first-order chi connectivity index (χ1) is 9.06. The van der Waals surface area contributed by atoms with E-state index in [1.165, 1.54) is 22.3 Å². The molecule has 0 unspecified atom stereocenters. The van der Waals surface area contributed by atoms with Crippen LogP contribution in [0.1, 0.15) is 22.3 Å². The third kappa shape index (κ3) is 3.58. The zero-order valence-electron chi connectivity index (χ0n) is 12.0. The Hall–Kier alpha value is -1.80. The molecule has 0 saturated heterocycles. The van der Waals surface area contributed by atoms with Gasteiger partial charge in [0.05, 0.1) is 0 Å². The molecule has 0 saturated carbocycles. The van der Waals surface area contributed by atoms with Crippen LogP contribution in [0.3, 0.4) is 0 Å². The molecule has 0 amide bonds. The molecular weight excluding hydrogens is 232 g/mol. The van der Waals surface area contributed by atoms with Gasteiger partial charge in [-0.15, -0.1) is 0 Å². The lowest BCUT2D eigenvalue weighted by molar-refractivity contribution is 0.318. The molecule has 0 atom stereocenters. The van der Waals surface area contributed by atoms with Gasteiger partial charge in [0.25, 0.3) is 0 Å². The van der Waals surface area contributed by atoms with Crippen LogP contribution in [0.25, 0.3) is 0 Å². The molecule has 2 heteroatoms. The summed E-state index contributed by atoms with van der Waals surface area (Å²) in [6, 6.07) is 14.6. The van der Waals surface area contributed by atoms with Gasteiger partial charge in [0.1, 0.15) is 0 Å². The van der Waals surface area contributed by atoms with Crippen LogP contribution in [0.5, 0.6) is 0 Å². The van der Waals surface area contributed by atoms with Gasteiger partial charge < -0.3 is 5.73 Å². The van der Waals surface area contributed by atoms with Gasteiger partial charge in [-0.3, -0.25) is 4.90 Å². The fourth-order valence-corrected chi connectivity index (χ4v) is 2.36. The van der Waals surface area contributed by atoms with Crippen LogP contribution in [-0.2, 0) is 13.1 Å². The van der Waals surface area contributed by atoms with E-state index >= 15 is 0 Å². The van der Waals surface area contributed by atoms with E-state index in [2.05, 4.69) is 56.1 Å². The van der Waals surface area contributed by atoms with E-state index in [-0.39, 0.29) is 0 Å². The first kappa shape index (κ1) is 13.6. The van der Waals surface area contributed by atoms with Gasteiger partial charge in [-0.1, -0.05) is 30.3 Å². The first-order valence-electron chi connectivity index (χ1n) is 6.64. The second kappa shape index (κ2) is 5.89. The molecule has 0 radical (unpaired) electrons. The minimum atomic E-state index is 0.821. The van der Waals surface area contributed by atoms with E-state index in [9.17, 15) is 0 Å². The fraction of sp³-hybridized carbons (Fsp3) is 0.294. The average molecular weight is 254 g/mol. The number of nitrogen functional groups attached to an aromatic ring is 1. The van der Waals surface area contributed by atoms with Crippen LogP contribution in [0.15, 0.2) is 42.5 Å². The molecule has 0 spiro atoms. The quantitative estimate of drug-likeness (QED) is 0.846. The van der Waals surface area contributed by atoms with Crippen molar-refractivity contribution in [3.05, 3.63) is 64.7 Å². The van der Waals surface area contributed by atoms with Gasteiger partial charge in [-0.05, 0) is 55.3 Å². The summed E-state index contributed by atoms with van der Waals surface area (Å²) in [4.78, 5) is 2.33. The predicted octanol–water partition coefficient (Wildman–Crippen LogP) is 3.52. The van der Waals surface area contributed by atoms with Gasteiger partial charge in [0, 0.05) is 18.8 Å². The maximum Gasteiger partial charge on any atom is 0.0314 e.